The Hall–Kier alpha value is -3.82. The minimum atomic E-state index is -0.642. The molecule has 1 aromatic heterocycles. The first kappa shape index (κ1) is 21.9. The minimum Gasteiger partial charge on any atom is -0.493 e. The van der Waals surface area contributed by atoms with Crippen LogP contribution in [0.4, 0.5) is 10.5 Å². The fourth-order valence-electron chi connectivity index (χ4n) is 3.16. The molecule has 0 aliphatic heterocycles. The van der Waals surface area contributed by atoms with Crippen LogP contribution < -0.4 is 36.3 Å². The number of rotatable bonds is 7. The summed E-state index contributed by atoms with van der Waals surface area (Å²) in [6.07, 6.45) is 0. The molecule has 0 unspecified atom stereocenters. The van der Waals surface area contributed by atoms with Gasteiger partial charge in [-0.15, -0.1) is 0 Å². The van der Waals surface area contributed by atoms with Crippen molar-refractivity contribution in [2.24, 2.45) is 11.7 Å². The van der Waals surface area contributed by atoms with Crippen LogP contribution in [0.5, 0.6) is 17.4 Å². The molecule has 5 N–H and O–H groups in total. The zero-order valence-electron chi connectivity index (χ0n) is 17.6. The molecule has 0 bridgehead atoms. The van der Waals surface area contributed by atoms with Crippen molar-refractivity contribution in [2.75, 3.05) is 19.2 Å². The van der Waals surface area contributed by atoms with Gasteiger partial charge in [0.15, 0.2) is 11.5 Å². The average Bonchev–Trinajstić information content (AvgIpc) is 2.81. The largest absolute Gasteiger partial charge is 0.493 e. The van der Waals surface area contributed by atoms with E-state index in [1.165, 1.54) is 0 Å². The summed E-state index contributed by atoms with van der Waals surface area (Å²) in [5, 5.41) is 0.941. The number of benzene rings is 2. The van der Waals surface area contributed by atoms with Crippen LogP contribution in [0, 0.1) is 6.92 Å². The molecule has 0 aliphatic carbocycles. The van der Waals surface area contributed by atoms with Crippen molar-refractivity contribution in [1.29, 1.82) is 0 Å². The third-order valence-electron chi connectivity index (χ3n) is 4.75. The predicted molar refractivity (Wildman–Crippen MR) is 118 cm³/mol. The molecule has 0 aliphatic rings. The lowest BCUT2D eigenvalue weighted by molar-refractivity contribution is 0.246. The monoisotopic (exact) mass is 423 g/mol. The van der Waals surface area contributed by atoms with Crippen LogP contribution in [-0.4, -0.2) is 25.2 Å². The van der Waals surface area contributed by atoms with Crippen LogP contribution in [0.3, 0.4) is 0 Å². The van der Waals surface area contributed by atoms with Crippen LogP contribution in [0.2, 0.25) is 0 Å². The van der Waals surface area contributed by atoms with Gasteiger partial charge in [-0.1, -0.05) is 24.3 Å². The number of hydrazine groups is 2. The summed E-state index contributed by atoms with van der Waals surface area (Å²) in [6, 6.07) is 15.8. The van der Waals surface area contributed by atoms with Gasteiger partial charge in [-0.05, 0) is 36.8 Å². The highest BCUT2D eigenvalue weighted by molar-refractivity contribution is 5.91. The van der Waals surface area contributed by atoms with Crippen molar-refractivity contribution >= 4 is 11.7 Å². The average molecular weight is 423 g/mol. The summed E-state index contributed by atoms with van der Waals surface area (Å²) in [7, 11) is 3.16. The summed E-state index contributed by atoms with van der Waals surface area (Å²) in [6.45, 7) is 2.06. The Labute approximate surface area is 180 Å². The fraction of sp³-hybridized carbons (Fsp3) is 0.182. The second kappa shape index (κ2) is 9.79. The number of urea groups is 1. The van der Waals surface area contributed by atoms with Crippen molar-refractivity contribution in [3.8, 4) is 28.6 Å². The second-order valence-electron chi connectivity index (χ2n) is 6.58. The first-order chi connectivity index (χ1) is 15.0. The number of amides is 2. The summed E-state index contributed by atoms with van der Waals surface area (Å²) >= 11 is 0. The van der Waals surface area contributed by atoms with E-state index < -0.39 is 6.03 Å². The molecule has 1 heterocycles. The topological polar surface area (TPSA) is 125 Å². The number of pyridine rings is 1. The highest BCUT2D eigenvalue weighted by Gasteiger charge is 2.17. The van der Waals surface area contributed by atoms with Crippen molar-refractivity contribution < 1.29 is 19.0 Å². The van der Waals surface area contributed by atoms with E-state index in [-0.39, 0.29) is 6.61 Å². The van der Waals surface area contributed by atoms with Gasteiger partial charge in [-0.25, -0.2) is 26.5 Å². The predicted octanol–water partition coefficient (Wildman–Crippen LogP) is 2.92. The molecular weight excluding hydrogens is 398 g/mol. The van der Waals surface area contributed by atoms with Gasteiger partial charge in [0.1, 0.15) is 6.61 Å². The smallest absolute Gasteiger partial charge is 0.350 e. The van der Waals surface area contributed by atoms with Gasteiger partial charge < -0.3 is 14.2 Å². The van der Waals surface area contributed by atoms with Crippen molar-refractivity contribution in [2.45, 2.75) is 13.5 Å². The molecule has 3 rings (SSSR count). The number of nitrogens with zero attached hydrogens (tertiary/aromatic N) is 2. The van der Waals surface area contributed by atoms with Crippen LogP contribution in [-0.2, 0) is 6.61 Å². The van der Waals surface area contributed by atoms with Crippen LogP contribution in [0.25, 0.3) is 11.3 Å². The molecule has 2 amide bonds. The van der Waals surface area contributed by atoms with E-state index in [4.69, 9.17) is 25.9 Å². The third kappa shape index (κ3) is 4.68. The number of methoxy groups -OCH3 is 2. The second-order valence-corrected chi connectivity index (χ2v) is 6.58. The van der Waals surface area contributed by atoms with Crippen LogP contribution in [0.1, 0.15) is 11.1 Å². The summed E-state index contributed by atoms with van der Waals surface area (Å²) in [5.41, 5.74) is 5.58. The molecule has 31 heavy (non-hydrogen) atoms. The number of hydrogen-bond acceptors (Lipinski definition) is 7. The Kier molecular flexibility index (Phi) is 6.91. The number of carbonyl (C=O) groups excluding carboxylic acids is 1. The lowest BCUT2D eigenvalue weighted by Gasteiger charge is -2.21. The van der Waals surface area contributed by atoms with Gasteiger partial charge in [0.05, 0.1) is 25.6 Å². The lowest BCUT2D eigenvalue weighted by atomic mass is 10.1. The van der Waals surface area contributed by atoms with E-state index in [0.717, 1.165) is 21.7 Å². The van der Waals surface area contributed by atoms with E-state index >= 15 is 0 Å². The molecule has 9 nitrogen and oxygen atoms in total. The van der Waals surface area contributed by atoms with Gasteiger partial charge >= 0.3 is 6.03 Å². The van der Waals surface area contributed by atoms with E-state index in [1.807, 2.05) is 48.7 Å². The summed E-state index contributed by atoms with van der Waals surface area (Å²) < 4.78 is 16.8. The normalized spacial score (nSPS) is 10.4. The van der Waals surface area contributed by atoms with E-state index in [1.54, 1.807) is 32.4 Å². The molecule has 0 saturated heterocycles. The number of anilines is 1. The molecule has 3 aromatic rings. The van der Waals surface area contributed by atoms with Gasteiger partial charge in [-0.2, -0.15) is 0 Å². The summed E-state index contributed by atoms with van der Waals surface area (Å²) in [4.78, 5) is 16.4. The molecule has 0 saturated carbocycles. The van der Waals surface area contributed by atoms with Crippen LogP contribution >= 0.6 is 0 Å². The highest BCUT2D eigenvalue weighted by Crippen LogP contribution is 2.37. The molecule has 9 heteroatoms. The maximum Gasteiger partial charge on any atom is 0.350 e. The van der Waals surface area contributed by atoms with Crippen molar-refractivity contribution in [3.05, 3.63) is 65.7 Å². The minimum absolute atomic E-state index is 0.152. The Morgan fingerprint density at radius 1 is 1.06 bits per heavy atom. The number of aromatic nitrogens is 1. The number of ether oxygens (including phenoxy) is 3. The number of hydrogen-bond donors (Lipinski definition) is 3. The van der Waals surface area contributed by atoms with Crippen molar-refractivity contribution in [1.82, 2.24) is 10.4 Å². The van der Waals surface area contributed by atoms with Gasteiger partial charge in [-0.3, -0.25) is 5.43 Å². The third-order valence-corrected chi connectivity index (χ3v) is 4.75. The highest BCUT2D eigenvalue weighted by atomic mass is 16.5. The molecule has 0 atom stereocenters. The van der Waals surface area contributed by atoms with E-state index in [9.17, 15) is 4.79 Å². The first-order valence-electron chi connectivity index (χ1n) is 9.45. The number of aryl methyl sites for hydroxylation is 1. The molecule has 162 valence electrons. The number of nitrogens with one attached hydrogen (secondary N) is 1. The van der Waals surface area contributed by atoms with Crippen molar-refractivity contribution in [3.63, 3.8) is 0 Å². The Balaban J connectivity index is 1.88. The quantitative estimate of drug-likeness (QED) is 0.303. The molecular formula is C22H25N5O4. The van der Waals surface area contributed by atoms with E-state index in [2.05, 4.69) is 4.98 Å². The molecule has 0 fully saturated rings. The fourth-order valence-corrected chi connectivity index (χ4v) is 3.16. The maximum absolute atomic E-state index is 11.9. The Bertz CT molecular complexity index is 1070. The van der Waals surface area contributed by atoms with Gasteiger partial charge in [0.25, 0.3) is 0 Å². The zero-order chi connectivity index (χ0) is 22.4. The number of nitrogens with two attached hydrogens (primary N) is 2. The Morgan fingerprint density at radius 2 is 1.81 bits per heavy atom. The van der Waals surface area contributed by atoms with E-state index in [0.29, 0.717) is 28.8 Å². The Morgan fingerprint density at radius 3 is 2.52 bits per heavy atom. The van der Waals surface area contributed by atoms with Gasteiger partial charge in [0.2, 0.25) is 5.88 Å². The van der Waals surface area contributed by atoms with Gasteiger partial charge in [0, 0.05) is 17.2 Å². The maximum atomic E-state index is 11.9. The number of para-hydroxylation sites is 1. The summed E-state index contributed by atoms with van der Waals surface area (Å²) in [5.74, 6) is 12.7. The molecule has 2 aromatic carbocycles. The lowest BCUT2D eigenvalue weighted by Crippen LogP contribution is -2.48. The molecule has 0 spiro atoms. The number of carbonyl (C=O) groups is 1. The van der Waals surface area contributed by atoms with Crippen LogP contribution in [0.15, 0.2) is 54.6 Å². The standard InChI is InChI=1S/C22H25N5O4/c1-14-7-4-10-18(27(24)22(28)26-23)16(14)13-31-20-12-6-9-17(25-20)15-8-5-11-19(29-2)21(15)30-3/h4-12H,13,23-24H2,1-3H3,(H,26,28). The SMILES string of the molecule is COc1cccc(-c2cccc(OCc3c(C)cccc3N(N)C(=O)NN)n2)c1OC. The molecule has 0 radical (unpaired) electrons. The zero-order valence-corrected chi connectivity index (χ0v) is 17.6. The first-order valence-corrected chi connectivity index (χ1v) is 9.45.